The molecular formula is C30H41N3O4S. The molecule has 0 aliphatic carbocycles. The number of rotatable bonds is 14. The van der Waals surface area contributed by atoms with Crippen molar-refractivity contribution in [1.82, 2.24) is 9.80 Å². The van der Waals surface area contributed by atoms with Crippen LogP contribution in [0.5, 0.6) is 0 Å². The van der Waals surface area contributed by atoms with Gasteiger partial charge in [-0.15, -0.1) is 24.9 Å². The first-order valence-corrected chi connectivity index (χ1v) is 14.8. The molecule has 7 nitrogen and oxygen atoms in total. The summed E-state index contributed by atoms with van der Waals surface area (Å²) in [5.74, 6) is -1.20. The van der Waals surface area contributed by atoms with Crippen LogP contribution >= 0.6 is 11.8 Å². The Balaban J connectivity index is 1.71. The number of amides is 3. The van der Waals surface area contributed by atoms with Crippen LogP contribution in [0.15, 0.2) is 55.6 Å². The summed E-state index contributed by atoms with van der Waals surface area (Å²) in [7, 11) is 0. The first-order valence-electron chi connectivity index (χ1n) is 13.9. The van der Waals surface area contributed by atoms with E-state index >= 15 is 0 Å². The number of hydrogen-bond donors (Lipinski definition) is 1. The SMILES string of the molecule is C=CCN(CCCC)C(=O)C1N(CCCCO)C(=O)[C@@H]2[C@H](C(=O)N(CC=C)c3ccccc3)[C@@H]3CCC12S3. The Bertz CT molecular complexity index is 1030. The molecule has 1 aromatic rings. The molecule has 3 heterocycles. The van der Waals surface area contributed by atoms with E-state index in [9.17, 15) is 19.5 Å². The Morgan fingerprint density at radius 1 is 1.13 bits per heavy atom. The van der Waals surface area contributed by atoms with Crippen molar-refractivity contribution in [3.05, 3.63) is 55.6 Å². The number of fused-ring (bicyclic) bond motifs is 1. The minimum atomic E-state index is -0.611. The van der Waals surface area contributed by atoms with Crippen LogP contribution in [0.1, 0.15) is 45.4 Å². The summed E-state index contributed by atoms with van der Waals surface area (Å²) in [5.41, 5.74) is 0.786. The molecule has 1 N–H and O–H groups in total. The van der Waals surface area contributed by atoms with E-state index in [1.807, 2.05) is 35.2 Å². The lowest BCUT2D eigenvalue weighted by Crippen LogP contribution is -2.55. The van der Waals surface area contributed by atoms with Gasteiger partial charge in [0.25, 0.3) is 0 Å². The summed E-state index contributed by atoms with van der Waals surface area (Å²) in [4.78, 5) is 47.9. The molecule has 3 saturated heterocycles. The summed E-state index contributed by atoms with van der Waals surface area (Å²) in [6.45, 7) is 11.7. The van der Waals surface area contributed by atoms with Crippen LogP contribution in [0.25, 0.3) is 0 Å². The molecule has 1 aromatic carbocycles. The zero-order valence-electron chi connectivity index (χ0n) is 22.5. The molecule has 1 spiro atoms. The monoisotopic (exact) mass is 539 g/mol. The molecule has 8 heteroatoms. The van der Waals surface area contributed by atoms with Gasteiger partial charge < -0.3 is 19.8 Å². The minimum Gasteiger partial charge on any atom is -0.396 e. The van der Waals surface area contributed by atoms with Crippen LogP contribution < -0.4 is 4.90 Å². The molecule has 4 rings (SSSR count). The predicted octanol–water partition coefficient (Wildman–Crippen LogP) is 3.88. The average Bonchev–Trinajstić information content (AvgIpc) is 3.57. The molecule has 2 bridgehead atoms. The highest BCUT2D eigenvalue weighted by Gasteiger charge is 2.74. The molecule has 3 amide bonds. The fraction of sp³-hybridized carbons (Fsp3) is 0.567. The lowest BCUT2D eigenvalue weighted by molar-refractivity contribution is -0.142. The number of aliphatic hydroxyl groups is 1. The van der Waals surface area contributed by atoms with Gasteiger partial charge in [-0.25, -0.2) is 0 Å². The topological polar surface area (TPSA) is 81.2 Å². The van der Waals surface area contributed by atoms with E-state index in [-0.39, 0.29) is 29.6 Å². The number of unbranched alkanes of at least 4 members (excludes halogenated alkanes) is 2. The second kappa shape index (κ2) is 12.5. The first-order chi connectivity index (χ1) is 18.4. The summed E-state index contributed by atoms with van der Waals surface area (Å²) in [5, 5.41) is 9.39. The third kappa shape index (κ3) is 5.05. The van der Waals surface area contributed by atoms with Crippen LogP contribution in [0, 0.1) is 11.8 Å². The third-order valence-corrected chi connectivity index (χ3v) is 10.2. The number of nitrogens with zero attached hydrogens (tertiary/aromatic N) is 3. The number of likely N-dealkylation sites (tertiary alicyclic amines) is 1. The summed E-state index contributed by atoms with van der Waals surface area (Å²) in [6, 6.07) is 8.92. The number of thioether (sulfide) groups is 1. The van der Waals surface area contributed by atoms with E-state index < -0.39 is 22.6 Å². The molecule has 0 saturated carbocycles. The van der Waals surface area contributed by atoms with E-state index in [2.05, 4.69) is 20.1 Å². The lowest BCUT2D eigenvalue weighted by atomic mass is 9.70. The van der Waals surface area contributed by atoms with Crippen molar-refractivity contribution in [3.63, 3.8) is 0 Å². The van der Waals surface area contributed by atoms with Crippen LogP contribution in [-0.4, -0.2) is 81.5 Å². The maximum Gasteiger partial charge on any atom is 0.247 e. The van der Waals surface area contributed by atoms with Crippen LogP contribution in [-0.2, 0) is 14.4 Å². The molecular weight excluding hydrogens is 498 g/mol. The smallest absolute Gasteiger partial charge is 0.247 e. The summed E-state index contributed by atoms with van der Waals surface area (Å²) >= 11 is 1.70. The highest BCUT2D eigenvalue weighted by Crippen LogP contribution is 2.66. The van der Waals surface area contributed by atoms with E-state index in [1.54, 1.807) is 33.7 Å². The fourth-order valence-electron chi connectivity index (χ4n) is 6.56. The zero-order chi connectivity index (χ0) is 27.3. The summed E-state index contributed by atoms with van der Waals surface area (Å²) in [6.07, 6.45) is 8.04. The number of para-hydroxylation sites is 1. The van der Waals surface area contributed by atoms with Gasteiger partial charge in [-0.2, -0.15) is 0 Å². The van der Waals surface area contributed by atoms with Gasteiger partial charge in [-0.05, 0) is 44.2 Å². The molecule has 0 radical (unpaired) electrons. The molecule has 3 fully saturated rings. The van der Waals surface area contributed by atoms with Gasteiger partial charge in [-0.1, -0.05) is 43.7 Å². The van der Waals surface area contributed by atoms with Gasteiger partial charge in [0.1, 0.15) is 6.04 Å². The largest absolute Gasteiger partial charge is 0.396 e. The van der Waals surface area contributed by atoms with Crippen LogP contribution in [0.2, 0.25) is 0 Å². The zero-order valence-corrected chi connectivity index (χ0v) is 23.3. The average molecular weight is 540 g/mol. The van der Waals surface area contributed by atoms with Gasteiger partial charge in [0.2, 0.25) is 17.7 Å². The highest BCUT2D eigenvalue weighted by atomic mass is 32.2. The second-order valence-electron chi connectivity index (χ2n) is 10.5. The number of benzene rings is 1. The minimum absolute atomic E-state index is 0.00543. The van der Waals surface area contributed by atoms with Crippen molar-refractivity contribution in [2.24, 2.45) is 11.8 Å². The quantitative estimate of drug-likeness (QED) is 0.287. The van der Waals surface area contributed by atoms with Gasteiger partial charge in [0.05, 0.1) is 16.6 Å². The Morgan fingerprint density at radius 2 is 1.87 bits per heavy atom. The van der Waals surface area contributed by atoms with Gasteiger partial charge >= 0.3 is 0 Å². The Labute approximate surface area is 230 Å². The third-order valence-electron chi connectivity index (χ3n) is 8.21. The maximum atomic E-state index is 14.2. The highest BCUT2D eigenvalue weighted by molar-refractivity contribution is 8.02. The standard InChI is InChI=1S/C30H41N3O4S/c1-4-7-19-31(17-5-2)29(37)26-30-16-15-23(38-30)24(25(30)28(36)33(26)20-11-12-21-34)27(35)32(18-6-3)22-13-9-8-10-14-22/h5-6,8-10,13-14,23-26,34H,2-4,7,11-12,15-21H2,1H3/t23-,24+,25-,26?,30?/m0/s1. The van der Waals surface area contributed by atoms with Crippen molar-refractivity contribution in [1.29, 1.82) is 0 Å². The lowest BCUT2D eigenvalue weighted by Gasteiger charge is -2.37. The molecule has 5 atom stereocenters. The Morgan fingerprint density at radius 3 is 2.53 bits per heavy atom. The maximum absolute atomic E-state index is 14.2. The van der Waals surface area contributed by atoms with E-state index in [0.717, 1.165) is 31.4 Å². The number of anilines is 1. The number of carbonyl (C=O) groups is 3. The molecule has 0 aromatic heterocycles. The Hall–Kier alpha value is -2.58. The van der Waals surface area contributed by atoms with Gasteiger partial charge in [0.15, 0.2) is 0 Å². The van der Waals surface area contributed by atoms with Crippen molar-refractivity contribution in [3.8, 4) is 0 Å². The summed E-state index contributed by atoms with van der Waals surface area (Å²) < 4.78 is -0.611. The van der Waals surface area contributed by atoms with Crippen molar-refractivity contribution < 1.29 is 19.5 Å². The Kier molecular flexibility index (Phi) is 9.36. The van der Waals surface area contributed by atoms with Crippen molar-refractivity contribution in [2.45, 2.75) is 61.5 Å². The van der Waals surface area contributed by atoms with E-state index in [1.165, 1.54) is 0 Å². The normalized spacial score (nSPS) is 27.3. The van der Waals surface area contributed by atoms with Crippen molar-refractivity contribution in [2.75, 3.05) is 37.7 Å². The molecule has 3 aliphatic rings. The van der Waals surface area contributed by atoms with Crippen LogP contribution in [0.4, 0.5) is 5.69 Å². The van der Waals surface area contributed by atoms with Crippen molar-refractivity contribution >= 4 is 35.2 Å². The number of hydrogen-bond acceptors (Lipinski definition) is 5. The molecule has 3 aliphatic heterocycles. The molecule has 2 unspecified atom stereocenters. The first kappa shape index (κ1) is 28.4. The van der Waals surface area contributed by atoms with Gasteiger partial charge in [0, 0.05) is 43.7 Å². The van der Waals surface area contributed by atoms with E-state index in [4.69, 9.17) is 0 Å². The molecule has 206 valence electrons. The number of carbonyl (C=O) groups excluding carboxylic acids is 3. The van der Waals surface area contributed by atoms with E-state index in [0.29, 0.717) is 39.0 Å². The number of aliphatic hydroxyl groups excluding tert-OH is 1. The molecule has 38 heavy (non-hydrogen) atoms. The predicted molar refractivity (Wildman–Crippen MR) is 153 cm³/mol. The second-order valence-corrected chi connectivity index (χ2v) is 12.1. The fourth-order valence-corrected chi connectivity index (χ4v) is 8.76. The van der Waals surface area contributed by atoms with Crippen LogP contribution in [0.3, 0.4) is 0 Å². The van der Waals surface area contributed by atoms with Gasteiger partial charge in [-0.3, -0.25) is 14.4 Å².